The number of aromatic nitrogens is 8. The molecule has 0 fully saturated rings. The topological polar surface area (TPSA) is 169 Å². The van der Waals surface area contributed by atoms with E-state index in [1.54, 1.807) is 0 Å². The molecular formula is C132H88N12O4. The maximum atomic E-state index is 6.38. The molecule has 0 amide bonds. The fourth-order valence-electron chi connectivity index (χ4n) is 20.0. The number of hydrogen-bond acceptors (Lipinski definition) is 16. The maximum Gasteiger partial charge on any atom is 0.248 e. The SMILES string of the molecule is c1ccc(-c2nnc(-c3cccc(-c4c5ccccc5c(-c5cccc(-c6nnc(-c7ccccc7)o6)c5)c5c(N(c6ccccc6)c6ccc(N(c7ccccc7)c7ccccc7)cc6)cccc45)c3)o2)cc1.c1ccc(-c2nnc(-c3cccc(-c4c5ccccc5c(-c5cccc(-c6nnc(-c7ccccc7)o6)c5)c5cc(N(c6ccccc6)c6ccc(N(c7ccccc7)c7ccccc7)cc6)ccc45)c3)o2)cc1. The van der Waals surface area contributed by atoms with Crippen LogP contribution in [-0.4, -0.2) is 40.8 Å². The van der Waals surface area contributed by atoms with Gasteiger partial charge in [-0.05, 0) is 319 Å². The summed E-state index contributed by atoms with van der Waals surface area (Å²) >= 11 is 0. The fourth-order valence-corrected chi connectivity index (χ4v) is 20.0. The first-order valence-corrected chi connectivity index (χ1v) is 49.1. The van der Waals surface area contributed by atoms with Crippen molar-refractivity contribution < 1.29 is 17.7 Å². The van der Waals surface area contributed by atoms with Gasteiger partial charge in [-0.15, -0.1) is 40.8 Å². The lowest BCUT2D eigenvalue weighted by Crippen LogP contribution is -2.12. The molecule has 0 unspecified atom stereocenters. The summed E-state index contributed by atoms with van der Waals surface area (Å²) in [4.78, 5) is 9.27. The highest BCUT2D eigenvalue weighted by atomic mass is 16.4. The quantitative estimate of drug-likeness (QED) is 0.0523. The van der Waals surface area contributed by atoms with Gasteiger partial charge in [-0.1, -0.05) is 297 Å². The van der Waals surface area contributed by atoms with Crippen molar-refractivity contribution in [3.8, 4) is 136 Å². The summed E-state index contributed by atoms with van der Waals surface area (Å²) in [6.45, 7) is 0. The van der Waals surface area contributed by atoms with Crippen LogP contribution in [0.25, 0.3) is 179 Å². The van der Waals surface area contributed by atoms with Gasteiger partial charge in [-0.3, -0.25) is 0 Å². The Labute approximate surface area is 853 Å². The second-order valence-electron chi connectivity index (χ2n) is 35.8. The van der Waals surface area contributed by atoms with Crippen molar-refractivity contribution in [3.63, 3.8) is 0 Å². The first-order chi connectivity index (χ1) is 73.4. The number of anilines is 12. The largest absolute Gasteiger partial charge is 0.416 e. The molecule has 0 spiro atoms. The van der Waals surface area contributed by atoms with E-state index < -0.39 is 0 Å². The van der Waals surface area contributed by atoms with E-state index in [0.717, 1.165) is 200 Å². The molecule has 4 heterocycles. The molecule has 26 rings (SSSR count). The lowest BCUT2D eigenvalue weighted by Gasteiger charge is -2.30. The van der Waals surface area contributed by atoms with E-state index >= 15 is 0 Å². The highest BCUT2D eigenvalue weighted by Gasteiger charge is 2.29. The van der Waals surface area contributed by atoms with Gasteiger partial charge in [0.2, 0.25) is 47.1 Å². The molecule has 148 heavy (non-hydrogen) atoms. The van der Waals surface area contributed by atoms with Gasteiger partial charge in [0.25, 0.3) is 0 Å². The number of rotatable bonds is 24. The van der Waals surface area contributed by atoms with Gasteiger partial charge in [0, 0.05) is 112 Å². The molecule has 0 bridgehead atoms. The molecule has 0 N–H and O–H groups in total. The fraction of sp³-hybridized carbons (Fsp3) is 0. The van der Waals surface area contributed by atoms with Crippen LogP contribution in [0.2, 0.25) is 0 Å². The Balaban J connectivity index is 0.000000154. The molecule has 4 aromatic heterocycles. The summed E-state index contributed by atoms with van der Waals surface area (Å²) in [6, 6.07) is 185. The minimum absolute atomic E-state index is 0.440. The summed E-state index contributed by atoms with van der Waals surface area (Å²) in [5.74, 6) is 3.66. The summed E-state index contributed by atoms with van der Waals surface area (Å²) in [6.07, 6.45) is 0. The van der Waals surface area contributed by atoms with E-state index in [1.807, 2.05) is 146 Å². The Kier molecular flexibility index (Phi) is 24.0. The lowest BCUT2D eigenvalue weighted by atomic mass is 9.84. The third-order valence-electron chi connectivity index (χ3n) is 26.7. The molecule has 0 atom stereocenters. The molecule has 0 saturated heterocycles. The number of benzene rings is 22. The smallest absolute Gasteiger partial charge is 0.248 e. The summed E-state index contributed by atoms with van der Waals surface area (Å²) in [5.41, 5.74) is 27.5. The van der Waals surface area contributed by atoms with Crippen LogP contribution in [0.5, 0.6) is 0 Å². The van der Waals surface area contributed by atoms with Crippen LogP contribution < -0.4 is 19.6 Å². The molecule has 22 aromatic carbocycles. The zero-order valence-electron chi connectivity index (χ0n) is 79.8. The van der Waals surface area contributed by atoms with Gasteiger partial charge >= 0.3 is 0 Å². The molecule has 0 aliphatic carbocycles. The van der Waals surface area contributed by atoms with Crippen LogP contribution in [0, 0.1) is 0 Å². The molecule has 0 saturated carbocycles. The van der Waals surface area contributed by atoms with Crippen LogP contribution >= 0.6 is 0 Å². The number of fused-ring (bicyclic) bond motifs is 4. The summed E-state index contributed by atoms with van der Waals surface area (Å²) in [7, 11) is 0. The number of para-hydroxylation sites is 6. The minimum atomic E-state index is 0.440. The number of hydrogen-bond donors (Lipinski definition) is 0. The first-order valence-electron chi connectivity index (χ1n) is 49.1. The van der Waals surface area contributed by atoms with Crippen molar-refractivity contribution in [2.24, 2.45) is 0 Å². The van der Waals surface area contributed by atoms with Gasteiger partial charge in [-0.25, -0.2) is 0 Å². The van der Waals surface area contributed by atoms with Crippen molar-refractivity contribution in [3.05, 3.63) is 534 Å². The van der Waals surface area contributed by atoms with Crippen molar-refractivity contribution in [1.29, 1.82) is 0 Å². The highest BCUT2D eigenvalue weighted by Crippen LogP contribution is 2.54. The van der Waals surface area contributed by atoms with Crippen LogP contribution in [0.4, 0.5) is 68.2 Å². The van der Waals surface area contributed by atoms with E-state index in [-0.39, 0.29) is 0 Å². The monoisotopic (exact) mass is 1900 g/mol. The second-order valence-corrected chi connectivity index (χ2v) is 35.8. The zero-order chi connectivity index (χ0) is 98.4. The van der Waals surface area contributed by atoms with E-state index in [4.69, 9.17) is 17.7 Å². The third-order valence-corrected chi connectivity index (χ3v) is 26.7. The Bertz CT molecular complexity index is 8990. The molecule has 700 valence electrons. The number of nitrogens with zero attached hydrogens (tertiary/aromatic N) is 12. The predicted molar refractivity (Wildman–Crippen MR) is 598 cm³/mol. The normalized spacial score (nSPS) is 11.2. The van der Waals surface area contributed by atoms with Gasteiger partial charge < -0.3 is 37.3 Å². The molecule has 16 nitrogen and oxygen atoms in total. The van der Waals surface area contributed by atoms with Crippen molar-refractivity contribution in [1.82, 2.24) is 40.8 Å². The Morgan fingerprint density at radius 3 is 0.615 bits per heavy atom. The van der Waals surface area contributed by atoms with Gasteiger partial charge in [0.1, 0.15) is 0 Å². The van der Waals surface area contributed by atoms with Crippen molar-refractivity contribution in [2.75, 3.05) is 19.6 Å². The molecule has 0 aliphatic rings. The van der Waals surface area contributed by atoms with Gasteiger partial charge in [0.05, 0.1) is 5.69 Å². The predicted octanol–water partition coefficient (Wildman–Crippen LogP) is 35.4. The Morgan fingerprint density at radius 2 is 0.311 bits per heavy atom. The second kappa shape index (κ2) is 40.0. The lowest BCUT2D eigenvalue weighted by molar-refractivity contribution is 0.584. The van der Waals surface area contributed by atoms with Gasteiger partial charge in [-0.2, -0.15) is 0 Å². The van der Waals surface area contributed by atoms with E-state index in [9.17, 15) is 0 Å². The first kappa shape index (κ1) is 89.0. The van der Waals surface area contributed by atoms with Gasteiger partial charge in [0.15, 0.2) is 0 Å². The van der Waals surface area contributed by atoms with E-state index in [0.29, 0.717) is 47.1 Å². The van der Waals surface area contributed by atoms with Crippen LogP contribution in [0.3, 0.4) is 0 Å². The third kappa shape index (κ3) is 17.6. The van der Waals surface area contributed by atoms with E-state index in [2.05, 4.69) is 449 Å². The average molecular weight is 1910 g/mol. The summed E-state index contributed by atoms with van der Waals surface area (Å²) < 4.78 is 25.4. The molecule has 26 aromatic rings. The van der Waals surface area contributed by atoms with Crippen molar-refractivity contribution >= 4 is 111 Å². The molecular weight excluding hydrogens is 1820 g/mol. The minimum Gasteiger partial charge on any atom is -0.416 e. The molecule has 0 aliphatic heterocycles. The maximum absolute atomic E-state index is 6.38. The Hall–Kier alpha value is -20.4. The highest BCUT2D eigenvalue weighted by molar-refractivity contribution is 6.26. The zero-order valence-corrected chi connectivity index (χ0v) is 79.8. The molecule has 16 heteroatoms. The van der Waals surface area contributed by atoms with E-state index in [1.165, 1.54) is 0 Å². The standard InChI is InChI=1S/2C66H44N6O2/c1-6-21-45(22-7-1)63-67-69-65(73-63)49-27-18-25-47(43-49)60-56-35-16-17-36-57(56)61(48-26-19-28-50(44-48)66-70-68-64(74-66)46-23-8-2-9-24-46)62-58(60)37-20-38-59(62)72(53-33-14-5-15-34-53)55-41-39-54(40-42-55)71(51-29-10-3-11-30-51)52-31-12-4-13-32-52;1-6-20-45(21-7-1)63-67-69-65(73-63)49-26-18-24-47(42-49)61-57-34-16-17-35-58(57)62(48-25-19-27-50(43-48)66-70-68-64(74-66)46-22-8-2-9-23-46)60-44-56(40-41-59(60)61)72(53-32-14-5-15-33-53)55-38-36-54(37-39-55)71(51-28-10-3-11-29-51)52-30-12-4-13-31-52/h2*1-44H. The Morgan fingerprint density at radius 1 is 0.122 bits per heavy atom. The van der Waals surface area contributed by atoms with Crippen molar-refractivity contribution in [2.45, 2.75) is 0 Å². The van der Waals surface area contributed by atoms with Crippen LogP contribution in [-0.2, 0) is 0 Å². The summed E-state index contributed by atoms with van der Waals surface area (Å²) in [5, 5.41) is 44.6. The van der Waals surface area contributed by atoms with Crippen LogP contribution in [0.15, 0.2) is 552 Å². The van der Waals surface area contributed by atoms with Crippen LogP contribution in [0.1, 0.15) is 0 Å². The average Bonchev–Trinajstić information content (AvgIpc) is 0.772. The molecule has 0 radical (unpaired) electrons.